The van der Waals surface area contributed by atoms with Crippen LogP contribution in [0.4, 0.5) is 25.4 Å². The number of benzene rings is 1. The number of rotatable bonds is 3. The van der Waals surface area contributed by atoms with Crippen molar-refractivity contribution in [3.8, 4) is 0 Å². The van der Waals surface area contributed by atoms with Crippen LogP contribution in [-0.4, -0.2) is 63.3 Å². The van der Waals surface area contributed by atoms with Gasteiger partial charge in [0, 0.05) is 32.9 Å². The molecule has 1 N–H and O–H groups in total. The minimum absolute atomic E-state index is 0.0862. The van der Waals surface area contributed by atoms with Gasteiger partial charge in [0.25, 0.3) is 5.91 Å². The van der Waals surface area contributed by atoms with Crippen LogP contribution < -0.4 is 15.1 Å². The van der Waals surface area contributed by atoms with Crippen molar-refractivity contribution in [3.05, 3.63) is 45.4 Å². The van der Waals surface area contributed by atoms with Crippen LogP contribution in [0.2, 0.25) is 4.34 Å². The number of urea groups is 1. The molecule has 0 saturated carbocycles. The van der Waals surface area contributed by atoms with Gasteiger partial charge in [-0.2, -0.15) is 0 Å². The highest BCUT2D eigenvalue weighted by Gasteiger charge is 2.28. The first-order valence-electron chi connectivity index (χ1n) is 9.55. The summed E-state index contributed by atoms with van der Waals surface area (Å²) in [5, 5.41) is 2.51. The summed E-state index contributed by atoms with van der Waals surface area (Å²) in [6, 6.07) is 7.72. The Labute approximate surface area is 188 Å². The van der Waals surface area contributed by atoms with Crippen molar-refractivity contribution in [2.75, 3.05) is 50.1 Å². The number of carbonyl (C=O) groups is 3. The molecule has 2 aliphatic heterocycles. The molecule has 2 saturated heterocycles. The fraction of sp³-hybridized carbons (Fsp3) is 0.350. The third-order valence-electron chi connectivity index (χ3n) is 4.75. The molecule has 0 spiro atoms. The number of amides is 4. The smallest absolute Gasteiger partial charge is 0.414 e. The van der Waals surface area contributed by atoms with Gasteiger partial charge in [-0.1, -0.05) is 11.6 Å². The molecule has 0 bridgehead atoms. The number of nitrogens with one attached hydrogen (secondary N) is 1. The normalized spacial score (nSPS) is 16.1. The molecule has 2 fully saturated rings. The van der Waals surface area contributed by atoms with Gasteiger partial charge in [0.05, 0.1) is 21.4 Å². The first-order valence-corrected chi connectivity index (χ1v) is 10.7. The number of cyclic esters (lactones) is 1. The molecule has 1 aromatic heterocycles. The summed E-state index contributed by atoms with van der Waals surface area (Å²) in [6.45, 7) is 1.86. The summed E-state index contributed by atoms with van der Waals surface area (Å²) in [4.78, 5) is 39.5. The Hall–Kier alpha value is -2.85. The van der Waals surface area contributed by atoms with E-state index < -0.39 is 11.9 Å². The molecule has 31 heavy (non-hydrogen) atoms. The number of carbonyl (C=O) groups excluding carboxylic acids is 3. The van der Waals surface area contributed by atoms with E-state index in [0.717, 1.165) is 6.42 Å². The molecule has 4 amide bonds. The molecule has 0 atom stereocenters. The van der Waals surface area contributed by atoms with Gasteiger partial charge in [0.2, 0.25) is 0 Å². The second-order valence-electron chi connectivity index (χ2n) is 6.79. The van der Waals surface area contributed by atoms with Crippen molar-refractivity contribution in [1.82, 2.24) is 10.2 Å². The third kappa shape index (κ3) is 5.26. The minimum Gasteiger partial charge on any atom is -0.447 e. The van der Waals surface area contributed by atoms with Crippen LogP contribution in [0.15, 0.2) is 30.3 Å². The van der Waals surface area contributed by atoms with Crippen LogP contribution in [0.1, 0.15) is 16.1 Å². The van der Waals surface area contributed by atoms with Crippen molar-refractivity contribution in [2.45, 2.75) is 6.42 Å². The Balaban J connectivity index is 0.000000229. The van der Waals surface area contributed by atoms with Crippen molar-refractivity contribution in [1.29, 1.82) is 0 Å². The van der Waals surface area contributed by atoms with E-state index in [4.69, 9.17) is 16.3 Å². The van der Waals surface area contributed by atoms with Crippen molar-refractivity contribution in [3.63, 3.8) is 0 Å². The summed E-state index contributed by atoms with van der Waals surface area (Å²) in [6.07, 6.45) is 0.291. The minimum atomic E-state index is -0.546. The van der Waals surface area contributed by atoms with Crippen LogP contribution in [0, 0.1) is 5.82 Å². The topological polar surface area (TPSA) is 82.2 Å². The number of nitrogens with zero attached hydrogens (tertiary/aromatic N) is 3. The molecular weight excluding hydrogens is 447 g/mol. The van der Waals surface area contributed by atoms with E-state index in [9.17, 15) is 18.8 Å². The number of thiophene rings is 1. The van der Waals surface area contributed by atoms with E-state index in [0.29, 0.717) is 34.5 Å². The quantitative estimate of drug-likeness (QED) is 0.742. The fourth-order valence-electron chi connectivity index (χ4n) is 3.16. The van der Waals surface area contributed by atoms with E-state index in [1.807, 2.05) is 0 Å². The number of hydrogen-bond donors (Lipinski definition) is 1. The molecule has 0 unspecified atom stereocenters. The van der Waals surface area contributed by atoms with Crippen LogP contribution >= 0.6 is 22.9 Å². The van der Waals surface area contributed by atoms with Gasteiger partial charge in [0.1, 0.15) is 12.4 Å². The molecular formula is C20H22ClFN4O4S. The van der Waals surface area contributed by atoms with E-state index in [1.165, 1.54) is 28.4 Å². The molecule has 2 aromatic rings. The van der Waals surface area contributed by atoms with Crippen molar-refractivity contribution in [2.24, 2.45) is 0 Å². The average molecular weight is 469 g/mol. The van der Waals surface area contributed by atoms with E-state index >= 15 is 0 Å². The maximum Gasteiger partial charge on any atom is 0.414 e. The maximum atomic E-state index is 14.3. The Morgan fingerprint density at radius 1 is 1.16 bits per heavy atom. The molecule has 0 aliphatic carbocycles. The maximum absolute atomic E-state index is 14.3. The van der Waals surface area contributed by atoms with Gasteiger partial charge < -0.3 is 15.0 Å². The molecule has 8 nitrogen and oxygen atoms in total. The largest absolute Gasteiger partial charge is 0.447 e. The molecule has 3 heterocycles. The van der Waals surface area contributed by atoms with Gasteiger partial charge in [-0.15, -0.1) is 11.3 Å². The van der Waals surface area contributed by atoms with Crippen molar-refractivity contribution >= 4 is 52.3 Å². The second kappa shape index (κ2) is 9.97. The van der Waals surface area contributed by atoms with Gasteiger partial charge in [-0.25, -0.2) is 14.0 Å². The standard InChI is InChI=1S/C14H16FN3O3.C6H6ClNOS/c1-16-5-2-6-17(13(16)19)10-3-4-12(11(15)9-10)18-7-8-21-14(18)20;1-8-6(9)4-2-3-5(7)10-4/h3-4,9H,2,5-8H2,1H3;2-3H,1H3,(H,8,9). The van der Waals surface area contributed by atoms with Gasteiger partial charge in [0.15, 0.2) is 0 Å². The number of hydrogen-bond acceptors (Lipinski definition) is 5. The molecule has 1 aromatic carbocycles. The van der Waals surface area contributed by atoms with Crippen LogP contribution in [0.25, 0.3) is 0 Å². The van der Waals surface area contributed by atoms with E-state index in [-0.39, 0.29) is 24.2 Å². The third-order valence-corrected chi connectivity index (χ3v) is 5.98. The number of anilines is 2. The molecule has 0 radical (unpaired) electrons. The second-order valence-corrected chi connectivity index (χ2v) is 8.51. The van der Waals surface area contributed by atoms with E-state index in [1.54, 1.807) is 42.1 Å². The first-order chi connectivity index (χ1) is 14.8. The fourth-order valence-corrected chi connectivity index (χ4v) is 4.15. The first kappa shape index (κ1) is 22.8. The number of halogens is 2. The Kier molecular flexibility index (Phi) is 7.34. The molecule has 11 heteroatoms. The summed E-state index contributed by atoms with van der Waals surface area (Å²) < 4.78 is 19.7. The highest BCUT2D eigenvalue weighted by Crippen LogP contribution is 2.28. The Morgan fingerprint density at radius 2 is 1.94 bits per heavy atom. The Bertz CT molecular complexity index is 986. The van der Waals surface area contributed by atoms with Crippen LogP contribution in [0.3, 0.4) is 0 Å². The lowest BCUT2D eigenvalue weighted by molar-refractivity contribution is 0.0967. The van der Waals surface area contributed by atoms with Gasteiger partial charge >= 0.3 is 12.1 Å². The molecule has 4 rings (SSSR count). The van der Waals surface area contributed by atoms with Crippen LogP contribution in [0.5, 0.6) is 0 Å². The zero-order valence-corrected chi connectivity index (χ0v) is 18.6. The van der Waals surface area contributed by atoms with Crippen molar-refractivity contribution < 1.29 is 23.5 Å². The lowest BCUT2D eigenvalue weighted by Crippen LogP contribution is -2.47. The van der Waals surface area contributed by atoms with Gasteiger partial charge in [-0.3, -0.25) is 14.6 Å². The lowest BCUT2D eigenvalue weighted by Gasteiger charge is -2.33. The predicted molar refractivity (Wildman–Crippen MR) is 118 cm³/mol. The van der Waals surface area contributed by atoms with E-state index in [2.05, 4.69) is 5.32 Å². The van der Waals surface area contributed by atoms with Gasteiger partial charge in [-0.05, 0) is 36.8 Å². The predicted octanol–water partition coefficient (Wildman–Crippen LogP) is 3.81. The SMILES string of the molecule is CN1CCCN(c2ccc(N3CCOC3=O)c(F)c2)C1=O.CNC(=O)c1ccc(Cl)s1. The Morgan fingerprint density at radius 3 is 2.52 bits per heavy atom. The monoisotopic (exact) mass is 468 g/mol. The molecule has 2 aliphatic rings. The summed E-state index contributed by atoms with van der Waals surface area (Å²) in [5.41, 5.74) is 0.680. The summed E-state index contributed by atoms with van der Waals surface area (Å²) >= 11 is 6.87. The zero-order chi connectivity index (χ0) is 22.5. The average Bonchev–Trinajstić information content (AvgIpc) is 3.38. The highest BCUT2D eigenvalue weighted by molar-refractivity contribution is 7.17. The summed E-state index contributed by atoms with van der Waals surface area (Å²) in [7, 11) is 3.31. The van der Waals surface area contributed by atoms with Crippen LogP contribution in [-0.2, 0) is 4.74 Å². The highest BCUT2D eigenvalue weighted by atomic mass is 35.5. The zero-order valence-electron chi connectivity index (χ0n) is 17.1. The summed E-state index contributed by atoms with van der Waals surface area (Å²) in [5.74, 6) is -0.621. The molecule has 166 valence electrons. The lowest BCUT2D eigenvalue weighted by atomic mass is 10.2. The number of ether oxygens (including phenoxy) is 1.